The van der Waals surface area contributed by atoms with Crippen molar-refractivity contribution in [1.82, 2.24) is 15.1 Å². The van der Waals surface area contributed by atoms with Gasteiger partial charge in [0.05, 0.1) is 6.20 Å². The van der Waals surface area contributed by atoms with Crippen molar-refractivity contribution < 1.29 is 9.53 Å². The van der Waals surface area contributed by atoms with Gasteiger partial charge in [0.1, 0.15) is 5.75 Å². The van der Waals surface area contributed by atoms with Gasteiger partial charge in [0.25, 0.3) is 5.91 Å². The predicted octanol–water partition coefficient (Wildman–Crippen LogP) is 2.31. The van der Waals surface area contributed by atoms with E-state index in [0.717, 1.165) is 17.3 Å². The van der Waals surface area contributed by atoms with Crippen molar-refractivity contribution in [2.24, 2.45) is 7.05 Å². The molecule has 0 aliphatic rings. The molecule has 1 aromatic carbocycles. The number of halogens is 1. The van der Waals surface area contributed by atoms with Crippen LogP contribution in [0.2, 0.25) is 0 Å². The Morgan fingerprint density at radius 2 is 2.14 bits per heavy atom. The van der Waals surface area contributed by atoms with E-state index in [1.165, 1.54) is 5.56 Å². The number of hydrogen-bond donors (Lipinski definition) is 1. The van der Waals surface area contributed by atoms with Gasteiger partial charge in [-0.15, -0.1) is 0 Å². The molecule has 1 aromatic heterocycles. The van der Waals surface area contributed by atoms with Crippen LogP contribution in [0.1, 0.15) is 12.0 Å². The Balaban J connectivity index is 1.60. The summed E-state index contributed by atoms with van der Waals surface area (Å²) < 4.78 is 8.15. The smallest absolute Gasteiger partial charge is 0.257 e. The summed E-state index contributed by atoms with van der Waals surface area (Å²) in [6.45, 7) is 0.673. The molecule has 2 rings (SSSR count). The van der Waals surface area contributed by atoms with E-state index in [1.807, 2.05) is 43.7 Å². The first-order valence-corrected chi connectivity index (χ1v) is 7.55. The Morgan fingerprint density at radius 3 is 2.81 bits per heavy atom. The summed E-state index contributed by atoms with van der Waals surface area (Å²) in [4.78, 5) is 11.6. The third kappa shape index (κ3) is 5.59. The van der Waals surface area contributed by atoms with E-state index in [2.05, 4.69) is 26.3 Å². The average Bonchev–Trinajstić information content (AvgIpc) is 2.89. The second-order valence-electron chi connectivity index (χ2n) is 4.72. The third-order valence-electron chi connectivity index (χ3n) is 2.91. The highest BCUT2D eigenvalue weighted by Gasteiger charge is 2.03. The summed E-state index contributed by atoms with van der Waals surface area (Å²) in [7, 11) is 1.89. The van der Waals surface area contributed by atoms with Gasteiger partial charge in [0.15, 0.2) is 6.61 Å². The standard InChI is InChI=1S/C15H18BrN3O2/c1-19-10-12(9-18-19)3-2-8-17-15(20)11-21-14-6-4-13(16)5-7-14/h4-7,9-10H,2-3,8,11H2,1H3,(H,17,20). The first kappa shape index (κ1) is 15.6. The summed E-state index contributed by atoms with van der Waals surface area (Å²) in [5.41, 5.74) is 1.18. The van der Waals surface area contributed by atoms with E-state index in [-0.39, 0.29) is 12.5 Å². The molecule has 5 nitrogen and oxygen atoms in total. The fourth-order valence-corrected chi connectivity index (χ4v) is 2.12. The highest BCUT2D eigenvalue weighted by Crippen LogP contribution is 2.15. The van der Waals surface area contributed by atoms with Crippen molar-refractivity contribution in [3.8, 4) is 5.75 Å². The lowest BCUT2D eigenvalue weighted by Gasteiger charge is -2.07. The van der Waals surface area contributed by atoms with Crippen molar-refractivity contribution in [1.29, 1.82) is 0 Å². The lowest BCUT2D eigenvalue weighted by atomic mass is 10.2. The van der Waals surface area contributed by atoms with Crippen LogP contribution >= 0.6 is 15.9 Å². The summed E-state index contributed by atoms with van der Waals surface area (Å²) in [5, 5.41) is 6.95. The van der Waals surface area contributed by atoms with E-state index in [4.69, 9.17) is 4.74 Å². The Labute approximate surface area is 132 Å². The van der Waals surface area contributed by atoms with E-state index < -0.39 is 0 Å². The molecular formula is C15H18BrN3O2. The molecule has 0 radical (unpaired) electrons. The molecule has 0 fully saturated rings. The van der Waals surface area contributed by atoms with E-state index in [0.29, 0.717) is 12.3 Å². The number of aryl methyl sites for hydroxylation is 2. The Hall–Kier alpha value is -1.82. The summed E-state index contributed by atoms with van der Waals surface area (Å²) >= 11 is 3.35. The van der Waals surface area contributed by atoms with Crippen LogP contribution in [0.25, 0.3) is 0 Å². The third-order valence-corrected chi connectivity index (χ3v) is 3.43. The number of hydrogen-bond acceptors (Lipinski definition) is 3. The zero-order chi connectivity index (χ0) is 15.1. The van der Waals surface area contributed by atoms with Crippen LogP contribution in [0.5, 0.6) is 5.75 Å². The van der Waals surface area contributed by atoms with E-state index in [1.54, 1.807) is 4.68 Å². The van der Waals surface area contributed by atoms with Gasteiger partial charge >= 0.3 is 0 Å². The van der Waals surface area contributed by atoms with Gasteiger partial charge in [0.2, 0.25) is 0 Å². The number of nitrogens with zero attached hydrogens (tertiary/aromatic N) is 2. The molecule has 6 heteroatoms. The number of benzene rings is 1. The molecule has 112 valence electrons. The van der Waals surface area contributed by atoms with Crippen LogP contribution in [0, 0.1) is 0 Å². The molecule has 0 aliphatic carbocycles. The molecule has 1 amide bonds. The largest absolute Gasteiger partial charge is 0.484 e. The monoisotopic (exact) mass is 351 g/mol. The van der Waals surface area contributed by atoms with Crippen molar-refractivity contribution >= 4 is 21.8 Å². The van der Waals surface area contributed by atoms with Crippen LogP contribution in [0.15, 0.2) is 41.1 Å². The highest BCUT2D eigenvalue weighted by atomic mass is 79.9. The predicted molar refractivity (Wildman–Crippen MR) is 84.2 cm³/mol. The first-order chi connectivity index (χ1) is 10.1. The highest BCUT2D eigenvalue weighted by molar-refractivity contribution is 9.10. The maximum atomic E-state index is 11.6. The van der Waals surface area contributed by atoms with Crippen molar-refractivity contribution in [2.75, 3.05) is 13.2 Å². The van der Waals surface area contributed by atoms with Gasteiger partial charge in [-0.05, 0) is 42.7 Å². The molecule has 0 atom stereocenters. The number of carbonyl (C=O) groups excluding carboxylic acids is 1. The molecule has 0 unspecified atom stereocenters. The Bertz CT molecular complexity index is 581. The molecule has 2 aromatic rings. The van der Waals surface area contributed by atoms with Gasteiger partial charge in [-0.3, -0.25) is 9.48 Å². The molecular weight excluding hydrogens is 334 g/mol. The fraction of sp³-hybridized carbons (Fsp3) is 0.333. The Morgan fingerprint density at radius 1 is 1.38 bits per heavy atom. The molecule has 1 N–H and O–H groups in total. The lowest BCUT2D eigenvalue weighted by molar-refractivity contribution is -0.123. The number of aromatic nitrogens is 2. The average molecular weight is 352 g/mol. The normalized spacial score (nSPS) is 10.4. The fourth-order valence-electron chi connectivity index (χ4n) is 1.85. The van der Waals surface area contributed by atoms with Gasteiger partial charge < -0.3 is 10.1 Å². The van der Waals surface area contributed by atoms with Crippen LogP contribution in [0.4, 0.5) is 0 Å². The van der Waals surface area contributed by atoms with Gasteiger partial charge in [-0.2, -0.15) is 5.10 Å². The number of ether oxygens (including phenoxy) is 1. The maximum Gasteiger partial charge on any atom is 0.257 e. The summed E-state index contributed by atoms with van der Waals surface area (Å²) in [5.74, 6) is 0.577. The number of nitrogens with one attached hydrogen (secondary N) is 1. The van der Waals surface area contributed by atoms with Gasteiger partial charge in [0, 0.05) is 24.3 Å². The summed E-state index contributed by atoms with van der Waals surface area (Å²) in [6.07, 6.45) is 5.62. The first-order valence-electron chi connectivity index (χ1n) is 6.76. The quantitative estimate of drug-likeness (QED) is 0.778. The molecule has 0 bridgehead atoms. The Kier molecular flexibility index (Phi) is 5.80. The van der Waals surface area contributed by atoms with Crippen LogP contribution < -0.4 is 10.1 Å². The summed E-state index contributed by atoms with van der Waals surface area (Å²) in [6, 6.07) is 7.39. The SMILES string of the molecule is Cn1cc(CCCNC(=O)COc2ccc(Br)cc2)cn1. The molecule has 0 saturated carbocycles. The van der Waals surface area contributed by atoms with E-state index >= 15 is 0 Å². The molecule has 0 saturated heterocycles. The van der Waals surface area contributed by atoms with Crippen LogP contribution in [-0.4, -0.2) is 28.8 Å². The van der Waals surface area contributed by atoms with E-state index in [9.17, 15) is 4.79 Å². The minimum Gasteiger partial charge on any atom is -0.484 e. The van der Waals surface area contributed by atoms with Crippen molar-refractivity contribution in [3.05, 3.63) is 46.7 Å². The second kappa shape index (κ2) is 7.83. The zero-order valence-electron chi connectivity index (χ0n) is 11.9. The second-order valence-corrected chi connectivity index (χ2v) is 5.63. The number of amides is 1. The van der Waals surface area contributed by atoms with Gasteiger partial charge in [-0.1, -0.05) is 15.9 Å². The molecule has 0 aliphatic heterocycles. The lowest BCUT2D eigenvalue weighted by Crippen LogP contribution is -2.29. The minimum atomic E-state index is -0.107. The number of carbonyl (C=O) groups is 1. The van der Waals surface area contributed by atoms with Crippen molar-refractivity contribution in [3.63, 3.8) is 0 Å². The topological polar surface area (TPSA) is 56.2 Å². The zero-order valence-corrected chi connectivity index (χ0v) is 13.5. The van der Waals surface area contributed by atoms with Crippen molar-refractivity contribution in [2.45, 2.75) is 12.8 Å². The number of rotatable bonds is 7. The molecule has 21 heavy (non-hydrogen) atoms. The van der Waals surface area contributed by atoms with Crippen LogP contribution in [-0.2, 0) is 18.3 Å². The minimum absolute atomic E-state index is 0.0362. The molecule has 0 spiro atoms. The van der Waals surface area contributed by atoms with Gasteiger partial charge in [-0.25, -0.2) is 0 Å². The molecule has 1 heterocycles. The van der Waals surface area contributed by atoms with Crippen LogP contribution in [0.3, 0.4) is 0 Å². The maximum absolute atomic E-state index is 11.6.